The molecule has 23 heavy (non-hydrogen) atoms. The number of imidazole rings is 1. The first-order valence-electron chi connectivity index (χ1n) is 8.52. The Bertz CT molecular complexity index is 765. The zero-order valence-corrected chi connectivity index (χ0v) is 13.1. The Hall–Kier alpha value is -2.17. The molecule has 2 aliphatic heterocycles. The molecule has 1 atom stereocenters. The van der Waals surface area contributed by atoms with Crippen molar-refractivity contribution in [3.05, 3.63) is 36.5 Å². The summed E-state index contributed by atoms with van der Waals surface area (Å²) in [5.41, 5.74) is 2.34. The predicted molar refractivity (Wildman–Crippen MR) is 85.7 cm³/mol. The SMILES string of the molecule is O=C(C1CC1)N1CCC2(CCn3c(-c4cccnc4)cnc32)C1. The molecule has 4 heterocycles. The lowest BCUT2D eigenvalue weighted by atomic mass is 9.85. The molecule has 0 N–H and O–H groups in total. The van der Waals surface area contributed by atoms with E-state index in [9.17, 15) is 4.79 Å². The van der Waals surface area contributed by atoms with E-state index in [1.165, 1.54) is 5.82 Å². The maximum atomic E-state index is 12.4. The fourth-order valence-electron chi connectivity index (χ4n) is 4.24. The minimum absolute atomic E-state index is 0.0744. The van der Waals surface area contributed by atoms with E-state index in [0.717, 1.165) is 56.6 Å². The summed E-state index contributed by atoms with van der Waals surface area (Å²) < 4.78 is 2.34. The maximum Gasteiger partial charge on any atom is 0.225 e. The van der Waals surface area contributed by atoms with Gasteiger partial charge in [-0.1, -0.05) is 0 Å². The molecule has 5 heteroatoms. The molecule has 2 aromatic rings. The molecular formula is C18H20N4O. The second-order valence-corrected chi connectivity index (χ2v) is 7.17. The van der Waals surface area contributed by atoms with Crippen molar-refractivity contribution in [2.24, 2.45) is 5.92 Å². The summed E-state index contributed by atoms with van der Waals surface area (Å²) in [6, 6.07) is 4.05. The fourth-order valence-corrected chi connectivity index (χ4v) is 4.24. The van der Waals surface area contributed by atoms with E-state index in [-0.39, 0.29) is 5.41 Å². The van der Waals surface area contributed by atoms with Crippen molar-refractivity contribution in [2.45, 2.75) is 37.6 Å². The van der Waals surface area contributed by atoms with Crippen molar-refractivity contribution < 1.29 is 4.79 Å². The van der Waals surface area contributed by atoms with Gasteiger partial charge in [0, 0.05) is 48.9 Å². The lowest BCUT2D eigenvalue weighted by Crippen LogP contribution is -2.34. The first kappa shape index (κ1) is 13.3. The van der Waals surface area contributed by atoms with Gasteiger partial charge in [0.25, 0.3) is 0 Å². The first-order chi connectivity index (χ1) is 11.3. The van der Waals surface area contributed by atoms with E-state index in [2.05, 4.69) is 20.5 Å². The van der Waals surface area contributed by atoms with Crippen LogP contribution in [0.4, 0.5) is 0 Å². The highest BCUT2D eigenvalue weighted by atomic mass is 16.2. The van der Waals surface area contributed by atoms with E-state index >= 15 is 0 Å². The largest absolute Gasteiger partial charge is 0.341 e. The average molecular weight is 308 g/mol. The molecule has 2 fully saturated rings. The Balaban J connectivity index is 1.46. The average Bonchev–Trinajstić information content (AvgIpc) is 3.06. The van der Waals surface area contributed by atoms with Crippen LogP contribution in [-0.4, -0.2) is 38.4 Å². The smallest absolute Gasteiger partial charge is 0.225 e. The molecule has 1 aliphatic carbocycles. The molecule has 2 aromatic heterocycles. The highest BCUT2D eigenvalue weighted by Gasteiger charge is 2.49. The third-order valence-corrected chi connectivity index (χ3v) is 5.69. The van der Waals surface area contributed by atoms with Crippen LogP contribution in [-0.2, 0) is 16.8 Å². The van der Waals surface area contributed by atoms with E-state index in [1.54, 1.807) is 6.20 Å². The monoisotopic (exact) mass is 308 g/mol. The molecule has 0 aromatic carbocycles. The van der Waals surface area contributed by atoms with Gasteiger partial charge >= 0.3 is 0 Å². The van der Waals surface area contributed by atoms with Gasteiger partial charge in [-0.05, 0) is 37.8 Å². The van der Waals surface area contributed by atoms with Gasteiger partial charge in [-0.25, -0.2) is 4.98 Å². The molecule has 1 saturated heterocycles. The van der Waals surface area contributed by atoms with Gasteiger partial charge in [-0.15, -0.1) is 0 Å². The number of aromatic nitrogens is 3. The van der Waals surface area contributed by atoms with Crippen LogP contribution in [0.25, 0.3) is 11.3 Å². The van der Waals surface area contributed by atoms with Gasteiger partial charge in [0.2, 0.25) is 5.91 Å². The fraction of sp³-hybridized carbons (Fsp3) is 0.500. The number of carbonyl (C=O) groups excluding carboxylic acids is 1. The Labute approximate surface area is 135 Å². The van der Waals surface area contributed by atoms with Crippen molar-refractivity contribution in [3.63, 3.8) is 0 Å². The molecule has 5 nitrogen and oxygen atoms in total. The summed E-state index contributed by atoms with van der Waals surface area (Å²) in [7, 11) is 0. The lowest BCUT2D eigenvalue weighted by molar-refractivity contribution is -0.131. The Morgan fingerprint density at radius 1 is 1.22 bits per heavy atom. The van der Waals surface area contributed by atoms with Crippen LogP contribution in [0, 0.1) is 5.92 Å². The molecule has 0 bridgehead atoms. The van der Waals surface area contributed by atoms with Gasteiger partial charge in [0.15, 0.2) is 0 Å². The van der Waals surface area contributed by atoms with Crippen LogP contribution in [0.2, 0.25) is 0 Å². The predicted octanol–water partition coefficient (Wildman–Crippen LogP) is 2.23. The zero-order chi connectivity index (χ0) is 15.4. The number of hydrogen-bond acceptors (Lipinski definition) is 3. The van der Waals surface area contributed by atoms with Crippen molar-refractivity contribution in [1.29, 1.82) is 0 Å². The summed E-state index contributed by atoms with van der Waals surface area (Å²) in [5, 5.41) is 0. The van der Waals surface area contributed by atoms with E-state index in [1.807, 2.05) is 18.5 Å². The summed E-state index contributed by atoms with van der Waals surface area (Å²) >= 11 is 0. The number of likely N-dealkylation sites (tertiary alicyclic amines) is 1. The summed E-state index contributed by atoms with van der Waals surface area (Å²) in [6.45, 7) is 2.74. The highest BCUT2D eigenvalue weighted by molar-refractivity contribution is 5.81. The Morgan fingerprint density at radius 3 is 2.87 bits per heavy atom. The standard InChI is InChI=1S/C18H20N4O/c23-16(13-3-4-13)21-8-5-18(12-21)6-9-22-15(11-20-17(18)22)14-2-1-7-19-10-14/h1-2,7,10-11,13H,3-6,8-9,12H2. The highest BCUT2D eigenvalue weighted by Crippen LogP contribution is 2.45. The number of rotatable bonds is 2. The van der Waals surface area contributed by atoms with Gasteiger partial charge < -0.3 is 9.47 Å². The van der Waals surface area contributed by atoms with Crippen molar-refractivity contribution in [1.82, 2.24) is 19.4 Å². The zero-order valence-electron chi connectivity index (χ0n) is 13.1. The molecule has 1 spiro atoms. The molecule has 118 valence electrons. The topological polar surface area (TPSA) is 51.0 Å². The van der Waals surface area contributed by atoms with Crippen LogP contribution in [0.15, 0.2) is 30.7 Å². The second kappa shape index (κ2) is 4.66. The van der Waals surface area contributed by atoms with Crippen molar-refractivity contribution in [2.75, 3.05) is 13.1 Å². The molecule has 0 radical (unpaired) electrons. The number of nitrogens with zero attached hydrogens (tertiary/aromatic N) is 4. The van der Waals surface area contributed by atoms with Gasteiger partial charge in [-0.2, -0.15) is 0 Å². The van der Waals surface area contributed by atoms with Crippen LogP contribution < -0.4 is 0 Å². The van der Waals surface area contributed by atoms with Crippen LogP contribution in [0.1, 0.15) is 31.5 Å². The lowest BCUT2D eigenvalue weighted by Gasteiger charge is -2.22. The molecule has 1 unspecified atom stereocenters. The first-order valence-corrected chi connectivity index (χ1v) is 8.52. The normalized spacial score (nSPS) is 26.0. The molecule has 1 amide bonds. The molecule has 5 rings (SSSR count). The van der Waals surface area contributed by atoms with Gasteiger partial charge in [0.05, 0.1) is 11.9 Å². The number of fused-ring (bicyclic) bond motifs is 2. The van der Waals surface area contributed by atoms with Crippen LogP contribution in [0.3, 0.4) is 0 Å². The molecule has 3 aliphatic rings. The number of amides is 1. The van der Waals surface area contributed by atoms with Gasteiger partial charge in [-0.3, -0.25) is 9.78 Å². The minimum atomic E-state index is 0.0744. The Morgan fingerprint density at radius 2 is 2.09 bits per heavy atom. The summed E-state index contributed by atoms with van der Waals surface area (Å²) in [6.07, 6.45) is 9.98. The third kappa shape index (κ3) is 1.95. The third-order valence-electron chi connectivity index (χ3n) is 5.69. The summed E-state index contributed by atoms with van der Waals surface area (Å²) in [5.74, 6) is 1.86. The van der Waals surface area contributed by atoms with Crippen molar-refractivity contribution in [3.8, 4) is 11.3 Å². The van der Waals surface area contributed by atoms with Crippen molar-refractivity contribution >= 4 is 5.91 Å². The van der Waals surface area contributed by atoms with E-state index < -0.39 is 0 Å². The van der Waals surface area contributed by atoms with Crippen LogP contribution in [0.5, 0.6) is 0 Å². The summed E-state index contributed by atoms with van der Waals surface area (Å²) in [4.78, 5) is 23.4. The quantitative estimate of drug-likeness (QED) is 0.855. The molecule has 1 saturated carbocycles. The van der Waals surface area contributed by atoms with Crippen LogP contribution >= 0.6 is 0 Å². The second-order valence-electron chi connectivity index (χ2n) is 7.17. The molecular weight excluding hydrogens is 288 g/mol. The Kier molecular flexibility index (Phi) is 2.69. The minimum Gasteiger partial charge on any atom is -0.341 e. The van der Waals surface area contributed by atoms with Gasteiger partial charge in [0.1, 0.15) is 5.82 Å². The number of carbonyl (C=O) groups is 1. The number of hydrogen-bond donors (Lipinski definition) is 0. The maximum absolute atomic E-state index is 12.4. The number of pyridine rings is 1. The van der Waals surface area contributed by atoms with E-state index in [0.29, 0.717) is 11.8 Å². The van der Waals surface area contributed by atoms with E-state index in [4.69, 9.17) is 4.98 Å².